The molecule has 0 aliphatic carbocycles. The van der Waals surface area contributed by atoms with Crippen LogP contribution in [0.1, 0.15) is 10.4 Å². The summed E-state index contributed by atoms with van der Waals surface area (Å²) in [7, 11) is 3.87. The van der Waals surface area contributed by atoms with E-state index in [1.165, 1.54) is 0 Å². The van der Waals surface area contributed by atoms with Crippen molar-refractivity contribution in [1.82, 2.24) is 8.87 Å². The minimum atomic E-state index is 0.215. The highest BCUT2D eigenvalue weighted by Crippen LogP contribution is 2.30. The topological polar surface area (TPSA) is 25.2 Å². The summed E-state index contributed by atoms with van der Waals surface area (Å²) in [6.45, 7) is 0.516. The number of likely N-dealkylation sites (N-methyl/N-ethyl adjacent to an activating group) is 1. The number of Topliss-reactive ketones (excluding diaryl/α,β-unsaturated/α-hetero) is 1. The quantitative estimate of drug-likeness (QED) is 0.563. The third-order valence-corrected chi connectivity index (χ3v) is 2.80. The minimum absolute atomic E-state index is 0.215. The Morgan fingerprint density at radius 3 is 2.92 bits per heavy atom. The summed E-state index contributed by atoms with van der Waals surface area (Å²) in [4.78, 5) is 12.5. The summed E-state index contributed by atoms with van der Waals surface area (Å²) < 4.78 is 3.87. The molecule has 0 aromatic carbocycles. The van der Waals surface area contributed by atoms with Crippen LogP contribution in [0.2, 0.25) is 0 Å². The molecular formula is C8H10N2OS. The zero-order valence-corrected chi connectivity index (χ0v) is 7.89. The molecule has 2 rings (SSSR count). The lowest BCUT2D eigenvalue weighted by Crippen LogP contribution is -2.24. The molecule has 1 aliphatic heterocycles. The van der Waals surface area contributed by atoms with Gasteiger partial charge in [0.2, 0.25) is 0 Å². The number of carbonyl (C=O) groups excluding carboxylic acids is 1. The van der Waals surface area contributed by atoms with E-state index in [0.29, 0.717) is 6.54 Å². The van der Waals surface area contributed by atoms with Crippen LogP contribution in [0, 0.1) is 0 Å². The second kappa shape index (κ2) is 2.64. The zero-order valence-electron chi connectivity index (χ0n) is 7.07. The van der Waals surface area contributed by atoms with E-state index in [-0.39, 0.29) is 5.78 Å². The van der Waals surface area contributed by atoms with Gasteiger partial charge in [-0.25, -0.2) is 4.31 Å². The van der Waals surface area contributed by atoms with Gasteiger partial charge in [0.05, 0.1) is 17.0 Å². The van der Waals surface area contributed by atoms with Gasteiger partial charge in [0.15, 0.2) is 5.78 Å². The van der Waals surface area contributed by atoms with Crippen molar-refractivity contribution in [3.05, 3.63) is 18.0 Å². The molecule has 2 heterocycles. The molecule has 12 heavy (non-hydrogen) atoms. The van der Waals surface area contributed by atoms with Crippen LogP contribution in [0.3, 0.4) is 0 Å². The van der Waals surface area contributed by atoms with Crippen molar-refractivity contribution >= 4 is 17.7 Å². The highest BCUT2D eigenvalue weighted by molar-refractivity contribution is 7.97. The van der Waals surface area contributed by atoms with Gasteiger partial charge in [0, 0.05) is 19.4 Å². The Labute approximate surface area is 75.5 Å². The van der Waals surface area contributed by atoms with E-state index in [1.807, 2.05) is 35.4 Å². The van der Waals surface area contributed by atoms with Gasteiger partial charge in [0.25, 0.3) is 0 Å². The molecule has 0 spiro atoms. The van der Waals surface area contributed by atoms with Gasteiger partial charge in [-0.3, -0.25) is 4.79 Å². The highest BCUT2D eigenvalue weighted by atomic mass is 32.2. The predicted octanol–water partition coefficient (Wildman–Crippen LogP) is 1.16. The summed E-state index contributed by atoms with van der Waals surface area (Å²) in [5, 5.41) is 0. The lowest BCUT2D eigenvalue weighted by Gasteiger charge is -2.19. The number of rotatable bonds is 0. The van der Waals surface area contributed by atoms with Crippen molar-refractivity contribution in [2.75, 3.05) is 13.6 Å². The Balaban J connectivity index is 2.46. The van der Waals surface area contributed by atoms with Crippen LogP contribution < -0.4 is 0 Å². The molecule has 4 heteroatoms. The van der Waals surface area contributed by atoms with Crippen LogP contribution in [0.4, 0.5) is 0 Å². The number of nitrogens with zero attached hydrogens (tertiary/aromatic N) is 2. The molecule has 1 aromatic rings. The average Bonchev–Trinajstić information content (AvgIpc) is 2.29. The summed E-state index contributed by atoms with van der Waals surface area (Å²) >= 11 is 1.63. The number of hydrogen-bond acceptors (Lipinski definition) is 3. The fraction of sp³-hybridized carbons (Fsp3) is 0.375. The largest absolute Gasteiger partial charge is 0.355 e. The van der Waals surface area contributed by atoms with Gasteiger partial charge in [-0.15, -0.1) is 0 Å². The summed E-state index contributed by atoms with van der Waals surface area (Å²) in [5.74, 6) is 0.215. The maximum atomic E-state index is 11.4. The number of carbonyl (C=O) groups is 1. The average molecular weight is 182 g/mol. The van der Waals surface area contributed by atoms with Crippen molar-refractivity contribution < 1.29 is 4.79 Å². The Morgan fingerprint density at radius 2 is 2.17 bits per heavy atom. The third kappa shape index (κ3) is 1.17. The molecule has 0 amide bonds. The maximum absolute atomic E-state index is 11.4. The van der Waals surface area contributed by atoms with Gasteiger partial charge in [-0.2, -0.15) is 0 Å². The molecular weight excluding hydrogens is 172 g/mol. The van der Waals surface area contributed by atoms with E-state index in [4.69, 9.17) is 0 Å². The molecule has 0 saturated carbocycles. The predicted molar refractivity (Wildman–Crippen MR) is 48.2 cm³/mol. The molecule has 1 aromatic heterocycles. The standard InChI is InChI=1S/C8H10N2OS/c1-9-3-6-7(11)4-10(2)12-8(6)5-9/h3,5H,4H2,1-2H3. The first-order valence-electron chi connectivity index (χ1n) is 3.75. The number of aromatic nitrogens is 1. The van der Waals surface area contributed by atoms with E-state index >= 15 is 0 Å². The zero-order chi connectivity index (χ0) is 8.72. The normalized spacial score (nSPS) is 18.0. The van der Waals surface area contributed by atoms with Crippen molar-refractivity contribution in [2.45, 2.75) is 4.90 Å². The van der Waals surface area contributed by atoms with Crippen LogP contribution in [0.5, 0.6) is 0 Å². The molecule has 0 atom stereocenters. The van der Waals surface area contributed by atoms with Gasteiger partial charge < -0.3 is 4.57 Å². The Kier molecular flexibility index (Phi) is 1.73. The molecule has 3 nitrogen and oxygen atoms in total. The summed E-state index contributed by atoms with van der Waals surface area (Å²) in [6, 6.07) is 0. The lowest BCUT2D eigenvalue weighted by atomic mass is 10.2. The number of ketones is 1. The molecule has 0 bridgehead atoms. The second-order valence-electron chi connectivity index (χ2n) is 3.00. The van der Waals surface area contributed by atoms with Crippen molar-refractivity contribution in [3.63, 3.8) is 0 Å². The minimum Gasteiger partial charge on any atom is -0.355 e. The van der Waals surface area contributed by atoms with Crippen LogP contribution in [-0.4, -0.2) is 28.2 Å². The molecule has 0 saturated heterocycles. The molecule has 0 unspecified atom stereocenters. The SMILES string of the molecule is CN1CC(=O)c2cn(C)cc2S1. The second-order valence-corrected chi connectivity index (χ2v) is 4.25. The summed E-state index contributed by atoms with van der Waals surface area (Å²) in [5.41, 5.74) is 0.862. The van der Waals surface area contributed by atoms with Gasteiger partial charge in [-0.1, -0.05) is 0 Å². The number of aryl methyl sites for hydroxylation is 1. The van der Waals surface area contributed by atoms with E-state index in [0.717, 1.165) is 10.5 Å². The van der Waals surface area contributed by atoms with Crippen LogP contribution in [-0.2, 0) is 7.05 Å². The number of hydrogen-bond donors (Lipinski definition) is 0. The fourth-order valence-electron chi connectivity index (χ4n) is 1.33. The van der Waals surface area contributed by atoms with Crippen molar-refractivity contribution in [3.8, 4) is 0 Å². The third-order valence-electron chi connectivity index (χ3n) is 1.84. The Morgan fingerprint density at radius 1 is 1.42 bits per heavy atom. The van der Waals surface area contributed by atoms with Gasteiger partial charge >= 0.3 is 0 Å². The van der Waals surface area contributed by atoms with E-state index in [1.54, 1.807) is 11.9 Å². The molecule has 0 fully saturated rings. The van der Waals surface area contributed by atoms with E-state index in [2.05, 4.69) is 0 Å². The molecule has 1 aliphatic rings. The Bertz CT molecular complexity index is 332. The fourth-order valence-corrected chi connectivity index (χ4v) is 2.32. The van der Waals surface area contributed by atoms with Gasteiger partial charge in [0.1, 0.15) is 0 Å². The van der Waals surface area contributed by atoms with Crippen molar-refractivity contribution in [1.29, 1.82) is 0 Å². The summed E-state index contributed by atoms with van der Waals surface area (Å²) in [6.07, 6.45) is 3.87. The molecule has 0 N–H and O–H groups in total. The smallest absolute Gasteiger partial charge is 0.180 e. The first-order chi connectivity index (χ1) is 5.66. The monoisotopic (exact) mass is 182 g/mol. The lowest BCUT2D eigenvalue weighted by molar-refractivity contribution is 0.0969. The van der Waals surface area contributed by atoms with Crippen LogP contribution >= 0.6 is 11.9 Å². The first kappa shape index (κ1) is 7.89. The first-order valence-corrected chi connectivity index (χ1v) is 4.52. The van der Waals surface area contributed by atoms with E-state index < -0.39 is 0 Å². The molecule has 0 radical (unpaired) electrons. The van der Waals surface area contributed by atoms with E-state index in [9.17, 15) is 4.79 Å². The van der Waals surface area contributed by atoms with Crippen molar-refractivity contribution in [2.24, 2.45) is 7.05 Å². The van der Waals surface area contributed by atoms with Gasteiger partial charge in [-0.05, 0) is 19.0 Å². The number of fused-ring (bicyclic) bond motifs is 1. The van der Waals surface area contributed by atoms with Crippen LogP contribution in [0.25, 0.3) is 0 Å². The Hall–Kier alpha value is -0.740. The van der Waals surface area contributed by atoms with Crippen LogP contribution in [0.15, 0.2) is 17.3 Å². The highest BCUT2D eigenvalue weighted by Gasteiger charge is 2.22. The molecule has 64 valence electrons. The maximum Gasteiger partial charge on any atom is 0.180 e.